The fourth-order valence-corrected chi connectivity index (χ4v) is 1.78. The van der Waals surface area contributed by atoms with E-state index in [0.717, 1.165) is 0 Å². The van der Waals surface area contributed by atoms with Crippen LogP contribution in [-0.2, 0) is 0 Å². The highest BCUT2D eigenvalue weighted by atomic mass is 35.5. The van der Waals surface area contributed by atoms with E-state index < -0.39 is 4.92 Å². The predicted octanol–water partition coefficient (Wildman–Crippen LogP) is 3.96. The third-order valence-electron chi connectivity index (χ3n) is 2.11. The molecule has 1 aromatic carbocycles. The first-order chi connectivity index (χ1) is 8.06. The minimum Gasteiger partial charge on any atom is -0.258 e. The lowest BCUT2D eigenvalue weighted by Gasteiger charge is -2.02. The molecule has 0 N–H and O–H groups in total. The molecule has 2 rings (SSSR count). The van der Waals surface area contributed by atoms with Gasteiger partial charge in [-0.15, -0.1) is 0 Å². The fourth-order valence-electron chi connectivity index (χ4n) is 1.38. The highest BCUT2D eigenvalue weighted by Crippen LogP contribution is 2.26. The van der Waals surface area contributed by atoms with Crippen LogP contribution in [0, 0.1) is 10.1 Å². The summed E-state index contributed by atoms with van der Waals surface area (Å²) in [6.07, 6.45) is 0. The van der Waals surface area contributed by atoms with Gasteiger partial charge >= 0.3 is 0 Å². The number of hydrogen-bond donors (Lipinski definition) is 0. The second-order valence-electron chi connectivity index (χ2n) is 3.30. The molecule has 1 aromatic heterocycles. The van der Waals surface area contributed by atoms with Gasteiger partial charge in [0.2, 0.25) is 0 Å². The first-order valence-corrected chi connectivity index (χ1v) is 5.40. The van der Waals surface area contributed by atoms with E-state index in [0.29, 0.717) is 16.3 Å². The molecule has 0 aliphatic carbocycles. The predicted molar refractivity (Wildman–Crippen MR) is 66.3 cm³/mol. The molecule has 0 aliphatic heterocycles. The molecule has 0 amide bonds. The molecule has 0 radical (unpaired) electrons. The molecule has 0 saturated heterocycles. The van der Waals surface area contributed by atoms with Crippen molar-refractivity contribution in [2.45, 2.75) is 0 Å². The zero-order valence-electron chi connectivity index (χ0n) is 8.43. The van der Waals surface area contributed by atoms with Crippen molar-refractivity contribution in [2.24, 2.45) is 0 Å². The van der Waals surface area contributed by atoms with Gasteiger partial charge in [0.1, 0.15) is 5.15 Å². The maximum atomic E-state index is 10.7. The lowest BCUT2D eigenvalue weighted by molar-refractivity contribution is -0.384. The second kappa shape index (κ2) is 4.69. The maximum Gasteiger partial charge on any atom is 0.274 e. The molecule has 0 unspecified atom stereocenters. The molecule has 1 heterocycles. The lowest BCUT2D eigenvalue weighted by atomic mass is 10.1. The number of nitro groups is 1. The number of nitrogens with zero attached hydrogens (tertiary/aromatic N) is 2. The van der Waals surface area contributed by atoms with Crippen LogP contribution in [0.5, 0.6) is 0 Å². The van der Waals surface area contributed by atoms with Gasteiger partial charge in [-0.25, -0.2) is 4.98 Å². The van der Waals surface area contributed by atoms with Crippen molar-refractivity contribution in [3.8, 4) is 11.3 Å². The van der Waals surface area contributed by atoms with Crippen molar-refractivity contribution >= 4 is 28.9 Å². The van der Waals surface area contributed by atoms with Gasteiger partial charge in [-0.1, -0.05) is 35.3 Å². The molecular weight excluding hydrogens is 263 g/mol. The molecule has 0 atom stereocenters. The van der Waals surface area contributed by atoms with Crippen molar-refractivity contribution in [1.82, 2.24) is 4.98 Å². The van der Waals surface area contributed by atoms with E-state index in [-0.39, 0.29) is 10.8 Å². The fraction of sp³-hybridized carbons (Fsp3) is 0. The molecule has 0 bridgehead atoms. The Morgan fingerprint density at radius 3 is 2.59 bits per heavy atom. The molecule has 0 saturated carbocycles. The topological polar surface area (TPSA) is 56.0 Å². The number of halogens is 2. The summed E-state index contributed by atoms with van der Waals surface area (Å²) in [5.41, 5.74) is 1.01. The average Bonchev–Trinajstić information content (AvgIpc) is 2.28. The molecule has 4 nitrogen and oxygen atoms in total. The van der Waals surface area contributed by atoms with Crippen LogP contribution >= 0.6 is 23.2 Å². The molecule has 17 heavy (non-hydrogen) atoms. The number of pyridine rings is 1. The van der Waals surface area contributed by atoms with E-state index in [1.165, 1.54) is 12.1 Å². The third-order valence-corrected chi connectivity index (χ3v) is 2.54. The van der Waals surface area contributed by atoms with Crippen LogP contribution in [0.1, 0.15) is 0 Å². The van der Waals surface area contributed by atoms with Crippen molar-refractivity contribution in [3.63, 3.8) is 0 Å². The smallest absolute Gasteiger partial charge is 0.258 e. The Morgan fingerprint density at radius 1 is 1.18 bits per heavy atom. The van der Waals surface area contributed by atoms with Gasteiger partial charge in [-0.3, -0.25) is 10.1 Å². The minimum atomic E-state index is -0.512. The summed E-state index contributed by atoms with van der Waals surface area (Å²) in [4.78, 5) is 14.2. The number of rotatable bonds is 2. The number of aromatic nitrogens is 1. The minimum absolute atomic E-state index is 0.0779. The zero-order chi connectivity index (χ0) is 12.4. The first-order valence-electron chi connectivity index (χ1n) is 4.64. The molecule has 86 valence electrons. The molecule has 0 fully saturated rings. The quantitative estimate of drug-likeness (QED) is 0.471. The van der Waals surface area contributed by atoms with Gasteiger partial charge in [0, 0.05) is 16.7 Å². The standard InChI is InChI=1S/C11H6Cl2N2O2/c12-8-3-1-2-7(4-8)10-5-9(15(16)17)6-11(13)14-10/h1-6H. The van der Waals surface area contributed by atoms with Crippen LogP contribution < -0.4 is 0 Å². The molecule has 0 aliphatic rings. The van der Waals surface area contributed by atoms with Crippen LogP contribution in [0.2, 0.25) is 10.2 Å². The van der Waals surface area contributed by atoms with E-state index in [1.54, 1.807) is 24.3 Å². The first kappa shape index (κ1) is 11.8. The monoisotopic (exact) mass is 268 g/mol. The highest BCUT2D eigenvalue weighted by molar-refractivity contribution is 6.31. The zero-order valence-corrected chi connectivity index (χ0v) is 9.94. The summed E-state index contributed by atoms with van der Waals surface area (Å²) in [5.74, 6) is 0. The van der Waals surface area contributed by atoms with Gasteiger partial charge in [-0.2, -0.15) is 0 Å². The Balaban J connectivity index is 2.56. The van der Waals surface area contributed by atoms with Gasteiger partial charge < -0.3 is 0 Å². The molecular formula is C11H6Cl2N2O2. The molecule has 6 heteroatoms. The molecule has 0 spiro atoms. The Bertz CT molecular complexity index is 587. The van der Waals surface area contributed by atoms with Crippen molar-refractivity contribution < 1.29 is 4.92 Å². The summed E-state index contributed by atoms with van der Waals surface area (Å²) < 4.78 is 0. The SMILES string of the molecule is O=[N+]([O-])c1cc(Cl)nc(-c2cccc(Cl)c2)c1. The Kier molecular flexibility index (Phi) is 3.26. The largest absolute Gasteiger partial charge is 0.274 e. The van der Waals surface area contributed by atoms with Gasteiger partial charge in [-0.05, 0) is 12.1 Å². The summed E-state index contributed by atoms with van der Waals surface area (Å²) in [5, 5.41) is 11.3. The third kappa shape index (κ3) is 2.72. The Morgan fingerprint density at radius 2 is 1.94 bits per heavy atom. The van der Waals surface area contributed by atoms with Gasteiger partial charge in [0.25, 0.3) is 5.69 Å². The van der Waals surface area contributed by atoms with E-state index in [1.807, 2.05) is 0 Å². The highest BCUT2D eigenvalue weighted by Gasteiger charge is 2.11. The van der Waals surface area contributed by atoms with Crippen LogP contribution in [0.3, 0.4) is 0 Å². The van der Waals surface area contributed by atoms with Crippen molar-refractivity contribution in [1.29, 1.82) is 0 Å². The molecule has 2 aromatic rings. The second-order valence-corrected chi connectivity index (χ2v) is 4.12. The number of benzene rings is 1. The normalized spacial score (nSPS) is 10.2. The van der Waals surface area contributed by atoms with Crippen LogP contribution in [0.25, 0.3) is 11.3 Å². The Hall–Kier alpha value is -1.65. The van der Waals surface area contributed by atoms with E-state index in [4.69, 9.17) is 23.2 Å². The maximum absolute atomic E-state index is 10.7. The van der Waals surface area contributed by atoms with Crippen LogP contribution in [0.4, 0.5) is 5.69 Å². The number of hydrogen-bond acceptors (Lipinski definition) is 3. The average molecular weight is 269 g/mol. The van der Waals surface area contributed by atoms with E-state index in [2.05, 4.69) is 4.98 Å². The van der Waals surface area contributed by atoms with Crippen molar-refractivity contribution in [2.75, 3.05) is 0 Å². The van der Waals surface area contributed by atoms with Crippen LogP contribution in [-0.4, -0.2) is 9.91 Å². The van der Waals surface area contributed by atoms with Gasteiger partial charge in [0.05, 0.1) is 16.7 Å². The summed E-state index contributed by atoms with van der Waals surface area (Å²) in [6, 6.07) is 9.45. The Labute approximate surface area is 107 Å². The summed E-state index contributed by atoms with van der Waals surface area (Å²) in [6.45, 7) is 0. The lowest BCUT2D eigenvalue weighted by Crippen LogP contribution is -1.91. The summed E-state index contributed by atoms with van der Waals surface area (Å²) >= 11 is 11.6. The van der Waals surface area contributed by atoms with Crippen LogP contribution in [0.15, 0.2) is 36.4 Å². The van der Waals surface area contributed by atoms with E-state index >= 15 is 0 Å². The van der Waals surface area contributed by atoms with Gasteiger partial charge in [0.15, 0.2) is 0 Å². The summed E-state index contributed by atoms with van der Waals surface area (Å²) in [7, 11) is 0. The van der Waals surface area contributed by atoms with Crippen molar-refractivity contribution in [3.05, 3.63) is 56.7 Å². The van der Waals surface area contributed by atoms with E-state index in [9.17, 15) is 10.1 Å².